The van der Waals surface area contributed by atoms with Crippen molar-refractivity contribution >= 4 is 28.5 Å². The summed E-state index contributed by atoms with van der Waals surface area (Å²) in [6, 6.07) is 1.39. The molecule has 0 bridgehead atoms. The Balaban J connectivity index is 1.73. The highest BCUT2D eigenvalue weighted by Gasteiger charge is 2.41. The highest BCUT2D eigenvalue weighted by Crippen LogP contribution is 2.47. The number of amides is 2. The largest absolute Gasteiger partial charge is 0.388 e. The molecule has 1 aromatic heterocycles. The van der Waals surface area contributed by atoms with E-state index in [4.69, 9.17) is 16.3 Å². The normalized spacial score (nSPS) is 17.0. The van der Waals surface area contributed by atoms with E-state index < -0.39 is 17.3 Å². The SMILES string of the molecule is COCCNC(=O)N1CCC(C(C)(C)C(O)c2c(F)c(Cl)cc3cn[nH]c23)CC1. The molecule has 29 heavy (non-hydrogen) atoms. The lowest BCUT2D eigenvalue weighted by atomic mass is 9.68. The van der Waals surface area contributed by atoms with Gasteiger partial charge in [-0.25, -0.2) is 9.18 Å². The summed E-state index contributed by atoms with van der Waals surface area (Å²) >= 11 is 6.05. The van der Waals surface area contributed by atoms with Gasteiger partial charge in [-0.1, -0.05) is 25.4 Å². The van der Waals surface area contributed by atoms with Crippen LogP contribution in [0.4, 0.5) is 9.18 Å². The monoisotopic (exact) mass is 426 g/mol. The fraction of sp³-hybridized carbons (Fsp3) is 0.600. The molecule has 0 aliphatic carbocycles. The molecule has 1 saturated heterocycles. The number of methoxy groups -OCH3 is 1. The number of benzene rings is 1. The Morgan fingerprint density at radius 2 is 2.21 bits per heavy atom. The first kappa shape index (κ1) is 21.8. The standard InChI is InChI=1S/C20H28ClFN4O3/c1-20(2,13-4-7-26(8-5-13)19(28)23-6-9-29-3)18(27)15-16(22)14(21)10-12-11-24-25-17(12)15/h10-11,13,18,27H,4-9H2,1-3H3,(H,23,28)(H,24,25). The van der Waals surface area contributed by atoms with Crippen molar-refractivity contribution in [2.24, 2.45) is 11.3 Å². The van der Waals surface area contributed by atoms with Crippen LogP contribution in [-0.2, 0) is 4.74 Å². The molecule has 2 aromatic rings. The molecule has 3 N–H and O–H groups in total. The first-order valence-electron chi connectivity index (χ1n) is 9.78. The number of ether oxygens (including phenoxy) is 1. The van der Waals surface area contributed by atoms with Crippen molar-refractivity contribution in [3.05, 3.63) is 28.7 Å². The minimum absolute atomic E-state index is 0.0358. The van der Waals surface area contributed by atoms with Crippen LogP contribution < -0.4 is 5.32 Å². The summed E-state index contributed by atoms with van der Waals surface area (Å²) in [5, 5.41) is 21.4. The number of rotatable bonds is 6. The number of aromatic amines is 1. The molecule has 2 amide bonds. The summed E-state index contributed by atoms with van der Waals surface area (Å²) in [6.07, 6.45) is 1.92. The molecule has 9 heteroatoms. The summed E-state index contributed by atoms with van der Waals surface area (Å²) in [7, 11) is 1.59. The number of carbonyl (C=O) groups is 1. The number of urea groups is 1. The molecule has 1 fully saturated rings. The fourth-order valence-corrected chi connectivity index (χ4v) is 4.33. The van der Waals surface area contributed by atoms with Gasteiger partial charge in [-0.2, -0.15) is 5.10 Å². The van der Waals surface area contributed by atoms with Gasteiger partial charge in [0, 0.05) is 37.7 Å². The van der Waals surface area contributed by atoms with Crippen LogP contribution in [0, 0.1) is 17.2 Å². The van der Waals surface area contributed by atoms with Crippen molar-refractivity contribution in [3.8, 4) is 0 Å². The number of halogens is 2. The zero-order chi connectivity index (χ0) is 21.2. The smallest absolute Gasteiger partial charge is 0.317 e. The van der Waals surface area contributed by atoms with Gasteiger partial charge in [0.2, 0.25) is 0 Å². The van der Waals surface area contributed by atoms with Gasteiger partial charge in [0.05, 0.1) is 29.4 Å². The van der Waals surface area contributed by atoms with Gasteiger partial charge in [0.15, 0.2) is 0 Å². The number of H-pyrrole nitrogens is 1. The Morgan fingerprint density at radius 3 is 2.86 bits per heavy atom. The molecule has 0 radical (unpaired) electrons. The van der Waals surface area contributed by atoms with Crippen LogP contribution in [-0.4, -0.2) is 59.6 Å². The summed E-state index contributed by atoms with van der Waals surface area (Å²) in [5.41, 5.74) is -0.0143. The van der Waals surface area contributed by atoms with Gasteiger partial charge in [0.25, 0.3) is 0 Å². The Kier molecular flexibility index (Phi) is 6.65. The molecular weight excluding hydrogens is 399 g/mol. The van der Waals surface area contributed by atoms with Crippen molar-refractivity contribution in [1.82, 2.24) is 20.4 Å². The third-order valence-electron chi connectivity index (χ3n) is 6.06. The number of likely N-dealkylation sites (tertiary alicyclic amines) is 1. The average Bonchev–Trinajstić information content (AvgIpc) is 3.16. The van der Waals surface area contributed by atoms with E-state index in [9.17, 15) is 14.3 Å². The first-order chi connectivity index (χ1) is 13.8. The number of carbonyl (C=O) groups excluding carboxylic acids is 1. The number of nitrogens with one attached hydrogen (secondary N) is 2. The van der Waals surface area contributed by atoms with E-state index in [1.807, 2.05) is 13.8 Å². The maximum absolute atomic E-state index is 14.9. The van der Waals surface area contributed by atoms with Crippen molar-refractivity contribution in [2.45, 2.75) is 32.8 Å². The average molecular weight is 427 g/mol. The van der Waals surface area contributed by atoms with E-state index in [0.29, 0.717) is 37.1 Å². The number of aliphatic hydroxyl groups excluding tert-OH is 1. The van der Waals surface area contributed by atoms with Gasteiger partial charge in [-0.05, 0) is 30.2 Å². The molecule has 1 unspecified atom stereocenters. The third kappa shape index (κ3) is 4.34. The van der Waals surface area contributed by atoms with Crippen LogP contribution in [0.3, 0.4) is 0 Å². The third-order valence-corrected chi connectivity index (χ3v) is 6.34. The van der Waals surface area contributed by atoms with E-state index in [-0.39, 0.29) is 22.5 Å². The maximum atomic E-state index is 14.9. The lowest BCUT2D eigenvalue weighted by Gasteiger charge is -2.43. The molecule has 1 aliphatic heterocycles. The molecule has 1 atom stereocenters. The quantitative estimate of drug-likeness (QED) is 0.617. The number of hydrogen-bond acceptors (Lipinski definition) is 4. The molecule has 3 rings (SSSR count). The van der Waals surface area contributed by atoms with Crippen molar-refractivity contribution < 1.29 is 19.0 Å². The van der Waals surface area contributed by atoms with Crippen molar-refractivity contribution in [2.75, 3.05) is 33.4 Å². The van der Waals surface area contributed by atoms with Gasteiger partial charge < -0.3 is 20.1 Å². The lowest BCUT2D eigenvalue weighted by molar-refractivity contribution is -0.0162. The second-order valence-corrected chi connectivity index (χ2v) is 8.54. The molecule has 0 spiro atoms. The fourth-order valence-electron chi connectivity index (χ4n) is 4.11. The Hall–Kier alpha value is -1.90. The molecule has 1 aliphatic rings. The highest BCUT2D eigenvalue weighted by atomic mass is 35.5. The Morgan fingerprint density at radius 1 is 1.52 bits per heavy atom. The van der Waals surface area contributed by atoms with E-state index in [1.54, 1.807) is 18.2 Å². The van der Waals surface area contributed by atoms with E-state index >= 15 is 0 Å². The molecule has 7 nitrogen and oxygen atoms in total. The number of fused-ring (bicyclic) bond motifs is 1. The van der Waals surface area contributed by atoms with Crippen LogP contribution >= 0.6 is 11.6 Å². The van der Waals surface area contributed by atoms with Crippen molar-refractivity contribution in [1.29, 1.82) is 0 Å². The van der Waals surface area contributed by atoms with E-state index in [1.165, 1.54) is 6.07 Å². The topological polar surface area (TPSA) is 90.5 Å². The van der Waals surface area contributed by atoms with Gasteiger partial charge in [0.1, 0.15) is 5.82 Å². The molecule has 1 aromatic carbocycles. The van der Waals surface area contributed by atoms with E-state index in [2.05, 4.69) is 15.5 Å². The first-order valence-corrected chi connectivity index (χ1v) is 10.2. The van der Waals surface area contributed by atoms with Gasteiger partial charge in [-0.15, -0.1) is 0 Å². The number of hydrogen-bond donors (Lipinski definition) is 3. The van der Waals surface area contributed by atoms with Crippen LogP contribution in [0.15, 0.2) is 12.3 Å². The van der Waals surface area contributed by atoms with Crippen LogP contribution in [0.2, 0.25) is 5.02 Å². The minimum Gasteiger partial charge on any atom is -0.388 e. The Bertz CT molecular complexity index is 865. The number of aromatic nitrogens is 2. The van der Waals surface area contributed by atoms with Gasteiger partial charge >= 0.3 is 6.03 Å². The number of nitrogens with zero attached hydrogens (tertiary/aromatic N) is 2. The summed E-state index contributed by atoms with van der Waals surface area (Å²) < 4.78 is 19.8. The molecule has 0 saturated carbocycles. The predicted molar refractivity (Wildman–Crippen MR) is 109 cm³/mol. The second kappa shape index (κ2) is 8.85. The summed E-state index contributed by atoms with van der Waals surface area (Å²) in [4.78, 5) is 14.0. The molecular formula is C20H28ClFN4O3. The minimum atomic E-state index is -1.07. The maximum Gasteiger partial charge on any atom is 0.317 e. The number of piperidine rings is 1. The predicted octanol–water partition coefficient (Wildman–Crippen LogP) is 3.48. The lowest BCUT2D eigenvalue weighted by Crippen LogP contribution is -2.47. The Labute approximate surface area is 174 Å². The van der Waals surface area contributed by atoms with Crippen molar-refractivity contribution in [3.63, 3.8) is 0 Å². The number of aliphatic hydroxyl groups is 1. The summed E-state index contributed by atoms with van der Waals surface area (Å²) in [5.74, 6) is -0.518. The highest BCUT2D eigenvalue weighted by molar-refractivity contribution is 6.31. The van der Waals surface area contributed by atoms with Gasteiger partial charge in [-0.3, -0.25) is 5.10 Å². The molecule has 160 valence electrons. The summed E-state index contributed by atoms with van der Waals surface area (Å²) in [6.45, 7) is 5.95. The van der Waals surface area contributed by atoms with Crippen LogP contribution in [0.5, 0.6) is 0 Å². The molecule has 2 heterocycles. The van der Waals surface area contributed by atoms with Crippen LogP contribution in [0.1, 0.15) is 38.4 Å². The zero-order valence-electron chi connectivity index (χ0n) is 17.0. The zero-order valence-corrected chi connectivity index (χ0v) is 17.7. The van der Waals surface area contributed by atoms with E-state index in [0.717, 1.165) is 12.8 Å². The second-order valence-electron chi connectivity index (χ2n) is 8.13. The van der Waals surface area contributed by atoms with Crippen LogP contribution in [0.25, 0.3) is 10.9 Å².